The summed E-state index contributed by atoms with van der Waals surface area (Å²) in [5.41, 5.74) is 0.409. The van der Waals surface area contributed by atoms with Crippen molar-refractivity contribution in [3.05, 3.63) is 29.0 Å². The van der Waals surface area contributed by atoms with E-state index >= 15 is 0 Å². The van der Waals surface area contributed by atoms with Gasteiger partial charge in [0.25, 0.3) is 5.91 Å². The lowest BCUT2D eigenvalue weighted by atomic mass is 10.1. The van der Waals surface area contributed by atoms with E-state index in [-0.39, 0.29) is 10.9 Å². The molecule has 0 aromatic heterocycles. The van der Waals surface area contributed by atoms with Gasteiger partial charge in [0.2, 0.25) is 0 Å². The molecule has 1 atom stereocenters. The summed E-state index contributed by atoms with van der Waals surface area (Å²) in [4.78, 5) is 11.8. The summed E-state index contributed by atoms with van der Waals surface area (Å²) >= 11 is 5.82. The SMILES string of the molecule is O=C(Nc1ccc(F)cc1Cl)C1CCCCO1. The average molecular weight is 258 g/mol. The first-order chi connectivity index (χ1) is 8.16. The number of hydrogen-bond donors (Lipinski definition) is 1. The third kappa shape index (κ3) is 3.17. The Balaban J connectivity index is 2.02. The first kappa shape index (κ1) is 12.3. The number of rotatable bonds is 2. The molecule has 1 aromatic rings. The predicted molar refractivity (Wildman–Crippen MR) is 63.6 cm³/mol. The van der Waals surface area contributed by atoms with Gasteiger partial charge in [0.1, 0.15) is 11.9 Å². The van der Waals surface area contributed by atoms with E-state index in [0.717, 1.165) is 12.8 Å². The van der Waals surface area contributed by atoms with E-state index in [1.165, 1.54) is 18.2 Å². The van der Waals surface area contributed by atoms with Crippen molar-refractivity contribution in [1.29, 1.82) is 0 Å². The molecule has 5 heteroatoms. The maximum atomic E-state index is 12.8. The minimum atomic E-state index is -0.429. The molecule has 1 amide bonds. The van der Waals surface area contributed by atoms with Crippen molar-refractivity contribution in [2.24, 2.45) is 0 Å². The molecule has 1 aliphatic heterocycles. The van der Waals surface area contributed by atoms with Gasteiger partial charge in [0, 0.05) is 6.61 Å². The molecule has 1 fully saturated rings. The first-order valence-electron chi connectivity index (χ1n) is 5.54. The van der Waals surface area contributed by atoms with Gasteiger partial charge in [-0.05, 0) is 37.5 Å². The molecule has 0 bridgehead atoms. The zero-order chi connectivity index (χ0) is 12.3. The molecule has 1 saturated heterocycles. The number of anilines is 1. The van der Waals surface area contributed by atoms with Crippen LogP contribution in [-0.4, -0.2) is 18.6 Å². The first-order valence-corrected chi connectivity index (χ1v) is 5.92. The molecule has 0 radical (unpaired) electrons. The second-order valence-electron chi connectivity index (χ2n) is 3.97. The van der Waals surface area contributed by atoms with Gasteiger partial charge in [-0.2, -0.15) is 0 Å². The number of halogens is 2. The summed E-state index contributed by atoms with van der Waals surface area (Å²) in [6.45, 7) is 0.606. The molecule has 0 aliphatic carbocycles. The van der Waals surface area contributed by atoms with Crippen molar-refractivity contribution in [3.8, 4) is 0 Å². The summed E-state index contributed by atoms with van der Waals surface area (Å²) in [5.74, 6) is -0.653. The molecule has 1 aliphatic rings. The van der Waals surface area contributed by atoms with Crippen LogP contribution in [0.2, 0.25) is 5.02 Å². The molecule has 1 N–H and O–H groups in total. The van der Waals surface area contributed by atoms with Crippen LogP contribution in [0.25, 0.3) is 0 Å². The van der Waals surface area contributed by atoms with Crippen LogP contribution in [0, 0.1) is 5.82 Å². The largest absolute Gasteiger partial charge is 0.368 e. The molecule has 92 valence electrons. The molecular formula is C12H13ClFNO2. The van der Waals surface area contributed by atoms with Crippen molar-refractivity contribution in [2.45, 2.75) is 25.4 Å². The summed E-state index contributed by atoms with van der Waals surface area (Å²) in [5, 5.41) is 2.83. The Morgan fingerprint density at radius 1 is 1.47 bits per heavy atom. The van der Waals surface area contributed by atoms with Crippen LogP contribution >= 0.6 is 11.6 Å². The van der Waals surface area contributed by atoms with Gasteiger partial charge in [-0.25, -0.2) is 4.39 Å². The van der Waals surface area contributed by atoms with Gasteiger partial charge in [0.15, 0.2) is 0 Å². The number of carbonyl (C=O) groups excluding carboxylic acids is 1. The summed E-state index contributed by atoms with van der Waals surface area (Å²) < 4.78 is 18.2. The van der Waals surface area contributed by atoms with E-state index in [1.54, 1.807) is 0 Å². The minimum Gasteiger partial charge on any atom is -0.368 e. The van der Waals surface area contributed by atoms with Gasteiger partial charge in [-0.3, -0.25) is 4.79 Å². The highest BCUT2D eigenvalue weighted by Gasteiger charge is 2.22. The van der Waals surface area contributed by atoms with E-state index in [0.29, 0.717) is 18.7 Å². The fraction of sp³-hybridized carbons (Fsp3) is 0.417. The summed E-state index contributed by atoms with van der Waals surface area (Å²) in [6.07, 6.45) is 2.26. The molecule has 1 heterocycles. The molecule has 1 unspecified atom stereocenters. The van der Waals surface area contributed by atoms with E-state index in [2.05, 4.69) is 5.32 Å². The second kappa shape index (κ2) is 5.47. The van der Waals surface area contributed by atoms with Gasteiger partial charge < -0.3 is 10.1 Å². The molecule has 0 spiro atoms. The molecule has 17 heavy (non-hydrogen) atoms. The predicted octanol–water partition coefficient (Wildman–Crippen LogP) is 2.99. The van der Waals surface area contributed by atoms with Gasteiger partial charge >= 0.3 is 0 Å². The van der Waals surface area contributed by atoms with Crippen LogP contribution in [0.4, 0.5) is 10.1 Å². The zero-order valence-electron chi connectivity index (χ0n) is 9.21. The highest BCUT2D eigenvalue weighted by Crippen LogP contribution is 2.23. The smallest absolute Gasteiger partial charge is 0.253 e. The Morgan fingerprint density at radius 2 is 2.29 bits per heavy atom. The molecule has 3 nitrogen and oxygen atoms in total. The van der Waals surface area contributed by atoms with Crippen molar-refractivity contribution < 1.29 is 13.9 Å². The molecule has 1 aromatic carbocycles. The van der Waals surface area contributed by atoms with Gasteiger partial charge in [-0.1, -0.05) is 11.6 Å². The summed E-state index contributed by atoms with van der Waals surface area (Å²) in [6, 6.07) is 3.86. The Labute approximate surface area is 104 Å². The van der Waals surface area contributed by atoms with E-state index < -0.39 is 11.9 Å². The van der Waals surface area contributed by atoms with Crippen molar-refractivity contribution in [2.75, 3.05) is 11.9 Å². The van der Waals surface area contributed by atoms with E-state index in [9.17, 15) is 9.18 Å². The van der Waals surface area contributed by atoms with Crippen LogP contribution in [-0.2, 0) is 9.53 Å². The quantitative estimate of drug-likeness (QED) is 0.885. The molecule has 0 saturated carbocycles. The molecule has 2 rings (SSSR count). The highest BCUT2D eigenvalue weighted by atomic mass is 35.5. The van der Waals surface area contributed by atoms with Crippen LogP contribution in [0.3, 0.4) is 0 Å². The normalized spacial score (nSPS) is 20.0. The number of hydrogen-bond acceptors (Lipinski definition) is 2. The Bertz CT molecular complexity index is 419. The van der Waals surface area contributed by atoms with Crippen molar-refractivity contribution in [3.63, 3.8) is 0 Å². The number of carbonyl (C=O) groups is 1. The van der Waals surface area contributed by atoms with Crippen LogP contribution in [0.5, 0.6) is 0 Å². The van der Waals surface area contributed by atoms with Crippen LogP contribution in [0.1, 0.15) is 19.3 Å². The number of ether oxygens (including phenoxy) is 1. The second-order valence-corrected chi connectivity index (χ2v) is 4.38. The Morgan fingerprint density at radius 3 is 2.94 bits per heavy atom. The van der Waals surface area contributed by atoms with Crippen molar-refractivity contribution >= 4 is 23.2 Å². The third-order valence-electron chi connectivity index (χ3n) is 2.66. The standard InChI is InChI=1S/C12H13ClFNO2/c13-9-7-8(14)4-5-10(9)15-12(16)11-3-1-2-6-17-11/h4-5,7,11H,1-3,6H2,(H,15,16). The van der Waals surface area contributed by atoms with Gasteiger partial charge in [0.05, 0.1) is 10.7 Å². The lowest BCUT2D eigenvalue weighted by Gasteiger charge is -2.21. The number of amides is 1. The van der Waals surface area contributed by atoms with Crippen LogP contribution < -0.4 is 5.32 Å². The number of benzene rings is 1. The lowest BCUT2D eigenvalue weighted by Crippen LogP contribution is -2.33. The minimum absolute atomic E-state index is 0.189. The zero-order valence-corrected chi connectivity index (χ0v) is 9.97. The van der Waals surface area contributed by atoms with Crippen LogP contribution in [0.15, 0.2) is 18.2 Å². The maximum absolute atomic E-state index is 12.8. The number of nitrogens with one attached hydrogen (secondary N) is 1. The maximum Gasteiger partial charge on any atom is 0.253 e. The Kier molecular flexibility index (Phi) is 3.97. The summed E-state index contributed by atoms with van der Waals surface area (Å²) in [7, 11) is 0. The highest BCUT2D eigenvalue weighted by molar-refractivity contribution is 6.33. The van der Waals surface area contributed by atoms with Crippen molar-refractivity contribution in [1.82, 2.24) is 0 Å². The lowest BCUT2D eigenvalue weighted by molar-refractivity contribution is -0.129. The fourth-order valence-corrected chi connectivity index (χ4v) is 1.97. The fourth-order valence-electron chi connectivity index (χ4n) is 1.75. The van der Waals surface area contributed by atoms with Gasteiger partial charge in [-0.15, -0.1) is 0 Å². The average Bonchev–Trinajstić information content (AvgIpc) is 2.34. The molecular weight excluding hydrogens is 245 g/mol. The third-order valence-corrected chi connectivity index (χ3v) is 2.97. The monoisotopic (exact) mass is 257 g/mol. The topological polar surface area (TPSA) is 38.3 Å². The van der Waals surface area contributed by atoms with E-state index in [1.807, 2.05) is 0 Å². The Hall–Kier alpha value is -1.13. The van der Waals surface area contributed by atoms with E-state index in [4.69, 9.17) is 16.3 Å².